The summed E-state index contributed by atoms with van der Waals surface area (Å²) in [5.74, 6) is 0.184. The first-order valence-corrected chi connectivity index (χ1v) is 10.6. The maximum atomic E-state index is 13.3. The van der Waals surface area contributed by atoms with Crippen molar-refractivity contribution in [2.45, 2.75) is 31.0 Å². The van der Waals surface area contributed by atoms with Crippen molar-refractivity contribution in [2.24, 2.45) is 4.99 Å². The standard InChI is InChI=1S/C20H27FN4O3S/c1-15(14-28-3)25-20(22-2)23-12-17-7-5-9-19(11-17)29(26,27)24-13-16-6-4-8-18(21)10-16/h4-11,15,24H,12-14H2,1-3H3,(H2,22,23,25). The van der Waals surface area contributed by atoms with Gasteiger partial charge >= 0.3 is 0 Å². The van der Waals surface area contributed by atoms with Gasteiger partial charge in [0.2, 0.25) is 10.0 Å². The highest BCUT2D eigenvalue weighted by Gasteiger charge is 2.14. The maximum Gasteiger partial charge on any atom is 0.240 e. The van der Waals surface area contributed by atoms with Crippen molar-refractivity contribution in [1.82, 2.24) is 15.4 Å². The predicted octanol–water partition coefficient (Wildman–Crippen LogP) is 2.00. The maximum absolute atomic E-state index is 13.3. The topological polar surface area (TPSA) is 91.8 Å². The van der Waals surface area contributed by atoms with E-state index in [1.54, 1.807) is 38.4 Å². The molecule has 2 aromatic rings. The van der Waals surface area contributed by atoms with Crippen molar-refractivity contribution < 1.29 is 17.5 Å². The Bertz CT molecular complexity index is 935. The van der Waals surface area contributed by atoms with Crippen molar-refractivity contribution in [3.63, 3.8) is 0 Å². The molecule has 0 aliphatic rings. The zero-order chi connectivity index (χ0) is 21.3. The van der Waals surface area contributed by atoms with Gasteiger partial charge in [0, 0.05) is 33.3 Å². The number of hydrogen-bond donors (Lipinski definition) is 3. The van der Waals surface area contributed by atoms with E-state index in [-0.39, 0.29) is 17.5 Å². The van der Waals surface area contributed by atoms with Gasteiger partial charge in [-0.05, 0) is 42.3 Å². The minimum Gasteiger partial charge on any atom is -0.383 e. The van der Waals surface area contributed by atoms with Gasteiger partial charge in [0.1, 0.15) is 5.82 Å². The van der Waals surface area contributed by atoms with E-state index < -0.39 is 15.8 Å². The first kappa shape index (κ1) is 22.8. The smallest absolute Gasteiger partial charge is 0.240 e. The van der Waals surface area contributed by atoms with Gasteiger partial charge in [-0.15, -0.1) is 0 Å². The van der Waals surface area contributed by atoms with E-state index in [0.717, 1.165) is 5.56 Å². The zero-order valence-electron chi connectivity index (χ0n) is 16.8. The first-order valence-electron chi connectivity index (χ1n) is 9.13. The predicted molar refractivity (Wildman–Crippen MR) is 112 cm³/mol. The summed E-state index contributed by atoms with van der Waals surface area (Å²) in [5, 5.41) is 6.32. The van der Waals surface area contributed by atoms with Gasteiger partial charge < -0.3 is 15.4 Å². The molecule has 0 radical (unpaired) electrons. The number of sulfonamides is 1. The Morgan fingerprint density at radius 2 is 1.83 bits per heavy atom. The lowest BCUT2D eigenvalue weighted by Gasteiger charge is -2.17. The highest BCUT2D eigenvalue weighted by Crippen LogP contribution is 2.13. The Kier molecular flexibility index (Phi) is 8.56. The first-order chi connectivity index (χ1) is 13.8. The molecule has 0 aromatic heterocycles. The number of aliphatic imine (C=N–C) groups is 1. The summed E-state index contributed by atoms with van der Waals surface area (Å²) < 4.78 is 46.0. The summed E-state index contributed by atoms with van der Waals surface area (Å²) in [6.45, 7) is 2.91. The second-order valence-electron chi connectivity index (χ2n) is 6.53. The fraction of sp³-hybridized carbons (Fsp3) is 0.350. The Morgan fingerprint density at radius 1 is 1.14 bits per heavy atom. The molecule has 0 bridgehead atoms. The summed E-state index contributed by atoms with van der Waals surface area (Å²) in [6.07, 6.45) is 0. The Balaban J connectivity index is 2.00. The molecule has 0 heterocycles. The van der Waals surface area contributed by atoms with Crippen LogP contribution in [-0.2, 0) is 27.8 Å². The van der Waals surface area contributed by atoms with E-state index in [9.17, 15) is 12.8 Å². The number of benzene rings is 2. The minimum atomic E-state index is -3.73. The molecule has 158 valence electrons. The summed E-state index contributed by atoms with van der Waals surface area (Å²) in [6, 6.07) is 12.5. The fourth-order valence-electron chi connectivity index (χ4n) is 2.64. The number of nitrogens with zero attached hydrogens (tertiary/aromatic N) is 1. The van der Waals surface area contributed by atoms with Crippen LogP contribution in [0.4, 0.5) is 4.39 Å². The molecule has 29 heavy (non-hydrogen) atoms. The van der Waals surface area contributed by atoms with Crippen LogP contribution in [0.2, 0.25) is 0 Å². The minimum absolute atomic E-state index is 0.0104. The van der Waals surface area contributed by atoms with Crippen LogP contribution in [-0.4, -0.2) is 41.2 Å². The van der Waals surface area contributed by atoms with Gasteiger partial charge in [0.25, 0.3) is 0 Å². The zero-order valence-corrected chi connectivity index (χ0v) is 17.6. The van der Waals surface area contributed by atoms with E-state index in [2.05, 4.69) is 20.3 Å². The highest BCUT2D eigenvalue weighted by atomic mass is 32.2. The van der Waals surface area contributed by atoms with Crippen LogP contribution in [0, 0.1) is 5.82 Å². The van der Waals surface area contributed by atoms with Crippen molar-refractivity contribution >= 4 is 16.0 Å². The van der Waals surface area contributed by atoms with Gasteiger partial charge in [-0.3, -0.25) is 4.99 Å². The molecule has 0 saturated carbocycles. The van der Waals surface area contributed by atoms with E-state index in [1.165, 1.54) is 18.2 Å². The van der Waals surface area contributed by atoms with Crippen LogP contribution in [0.1, 0.15) is 18.1 Å². The molecule has 1 unspecified atom stereocenters. The van der Waals surface area contributed by atoms with Gasteiger partial charge in [0.05, 0.1) is 11.5 Å². The van der Waals surface area contributed by atoms with Crippen LogP contribution in [0.5, 0.6) is 0 Å². The number of halogens is 1. The molecular formula is C20H27FN4O3S. The molecule has 0 aliphatic heterocycles. The molecule has 2 rings (SSSR count). The van der Waals surface area contributed by atoms with Crippen molar-refractivity contribution in [3.05, 3.63) is 65.5 Å². The fourth-order valence-corrected chi connectivity index (χ4v) is 3.72. The van der Waals surface area contributed by atoms with Crippen molar-refractivity contribution in [2.75, 3.05) is 20.8 Å². The average molecular weight is 423 g/mol. The van der Waals surface area contributed by atoms with Gasteiger partial charge in [-0.1, -0.05) is 24.3 Å². The van der Waals surface area contributed by atoms with Crippen LogP contribution in [0.15, 0.2) is 58.4 Å². The molecule has 1 atom stereocenters. The summed E-state index contributed by atoms with van der Waals surface area (Å²) in [7, 11) is -0.440. The Hall–Kier alpha value is -2.49. The molecule has 0 aliphatic carbocycles. The van der Waals surface area contributed by atoms with E-state index in [1.807, 2.05) is 13.0 Å². The molecule has 0 spiro atoms. The van der Waals surface area contributed by atoms with Crippen LogP contribution in [0.25, 0.3) is 0 Å². The van der Waals surface area contributed by atoms with Crippen LogP contribution < -0.4 is 15.4 Å². The number of guanidine groups is 1. The van der Waals surface area contributed by atoms with E-state index in [4.69, 9.17) is 4.74 Å². The average Bonchev–Trinajstić information content (AvgIpc) is 2.70. The number of hydrogen-bond acceptors (Lipinski definition) is 4. The molecule has 0 amide bonds. The van der Waals surface area contributed by atoms with Crippen molar-refractivity contribution in [3.8, 4) is 0 Å². The number of methoxy groups -OCH3 is 1. The second-order valence-corrected chi connectivity index (χ2v) is 8.30. The van der Waals surface area contributed by atoms with E-state index in [0.29, 0.717) is 24.7 Å². The van der Waals surface area contributed by atoms with Crippen LogP contribution in [0.3, 0.4) is 0 Å². The Morgan fingerprint density at radius 3 is 2.48 bits per heavy atom. The van der Waals surface area contributed by atoms with Crippen LogP contribution >= 0.6 is 0 Å². The third-order valence-corrected chi connectivity index (χ3v) is 5.45. The SMILES string of the molecule is CN=C(NCc1cccc(S(=O)(=O)NCc2cccc(F)c2)c1)NC(C)COC. The largest absolute Gasteiger partial charge is 0.383 e. The van der Waals surface area contributed by atoms with Gasteiger partial charge in [-0.25, -0.2) is 17.5 Å². The van der Waals surface area contributed by atoms with Crippen molar-refractivity contribution in [1.29, 1.82) is 0 Å². The number of rotatable bonds is 9. The molecular weight excluding hydrogens is 395 g/mol. The lowest BCUT2D eigenvalue weighted by atomic mass is 10.2. The summed E-state index contributed by atoms with van der Waals surface area (Å²) in [5.41, 5.74) is 1.33. The summed E-state index contributed by atoms with van der Waals surface area (Å²) in [4.78, 5) is 4.29. The summed E-state index contributed by atoms with van der Waals surface area (Å²) >= 11 is 0. The van der Waals surface area contributed by atoms with E-state index >= 15 is 0 Å². The third kappa shape index (κ3) is 7.45. The number of ether oxygens (including phenoxy) is 1. The Labute approximate surface area is 171 Å². The second kappa shape index (κ2) is 10.9. The monoisotopic (exact) mass is 422 g/mol. The highest BCUT2D eigenvalue weighted by molar-refractivity contribution is 7.89. The van der Waals surface area contributed by atoms with Gasteiger partial charge in [-0.2, -0.15) is 0 Å². The molecule has 0 fully saturated rings. The molecule has 3 N–H and O–H groups in total. The number of nitrogens with one attached hydrogen (secondary N) is 3. The normalized spacial score (nSPS) is 13.2. The lowest BCUT2D eigenvalue weighted by molar-refractivity contribution is 0.179. The molecule has 9 heteroatoms. The molecule has 7 nitrogen and oxygen atoms in total. The molecule has 0 saturated heterocycles. The quantitative estimate of drug-likeness (QED) is 0.425. The molecule has 2 aromatic carbocycles. The van der Waals surface area contributed by atoms with Gasteiger partial charge in [0.15, 0.2) is 5.96 Å². The lowest BCUT2D eigenvalue weighted by Crippen LogP contribution is -2.43. The third-order valence-electron chi connectivity index (χ3n) is 4.05.